The first kappa shape index (κ1) is 18.6. The summed E-state index contributed by atoms with van der Waals surface area (Å²) in [5, 5.41) is 3.79. The van der Waals surface area contributed by atoms with Crippen molar-refractivity contribution in [1.29, 1.82) is 0 Å². The molecule has 24 heavy (non-hydrogen) atoms. The van der Waals surface area contributed by atoms with E-state index in [9.17, 15) is 9.59 Å². The number of nitrogens with one attached hydrogen (secondary N) is 1. The molecule has 0 unspecified atom stereocenters. The van der Waals surface area contributed by atoms with E-state index >= 15 is 0 Å². The summed E-state index contributed by atoms with van der Waals surface area (Å²) >= 11 is 12.3. The summed E-state index contributed by atoms with van der Waals surface area (Å²) in [5.41, 5.74) is 0.664. The van der Waals surface area contributed by atoms with Gasteiger partial charge in [-0.1, -0.05) is 29.3 Å². The molecule has 1 N–H and O–H groups in total. The summed E-state index contributed by atoms with van der Waals surface area (Å²) in [4.78, 5) is 29.2. The Morgan fingerprint density at radius 2 is 1.96 bits per heavy atom. The molecule has 1 aliphatic rings. The normalized spacial score (nSPS) is 14.5. The second-order valence-electron chi connectivity index (χ2n) is 5.70. The number of benzene rings is 1. The van der Waals surface area contributed by atoms with E-state index in [1.165, 1.54) is 22.1 Å². The van der Waals surface area contributed by atoms with Gasteiger partial charge in [0.25, 0.3) is 0 Å². The van der Waals surface area contributed by atoms with Crippen LogP contribution in [0.25, 0.3) is 0 Å². The highest BCUT2D eigenvalue weighted by molar-refractivity contribution is 6.36. The van der Waals surface area contributed by atoms with Crippen molar-refractivity contribution in [2.75, 3.05) is 33.9 Å². The van der Waals surface area contributed by atoms with Gasteiger partial charge >= 0.3 is 6.03 Å². The lowest BCUT2D eigenvalue weighted by Crippen LogP contribution is -2.48. The predicted molar refractivity (Wildman–Crippen MR) is 94.8 cm³/mol. The molecule has 2 rings (SSSR count). The third kappa shape index (κ3) is 4.87. The van der Waals surface area contributed by atoms with Gasteiger partial charge in [0.05, 0.1) is 6.54 Å². The monoisotopic (exact) mass is 370 g/mol. The zero-order valence-corrected chi connectivity index (χ0v) is 15.1. The highest BCUT2D eigenvalue weighted by atomic mass is 35.5. The average Bonchev–Trinajstić information content (AvgIpc) is 2.52. The number of hydrogen-bond acceptors (Lipinski definition) is 3. The Kier molecular flexibility index (Phi) is 6.48. The van der Waals surface area contributed by atoms with Crippen molar-refractivity contribution in [2.24, 2.45) is 0 Å². The molecule has 0 saturated carbocycles. The van der Waals surface area contributed by atoms with E-state index in [0.717, 1.165) is 6.54 Å². The van der Waals surface area contributed by atoms with Crippen LogP contribution in [0.4, 0.5) is 4.79 Å². The van der Waals surface area contributed by atoms with Crippen LogP contribution in [0, 0.1) is 0 Å². The standard InChI is InChI=1S/C16H20Cl2N4O2/c1-20(2)9-7-19-16(24)21-8-6-15(23)22(11-21)10-12-13(17)4-3-5-14(12)18/h3-6,8H,7,9-11H2,1-2H3,(H,19,24). The minimum Gasteiger partial charge on any atom is -0.336 e. The summed E-state index contributed by atoms with van der Waals surface area (Å²) < 4.78 is 0. The van der Waals surface area contributed by atoms with E-state index in [1.54, 1.807) is 18.2 Å². The summed E-state index contributed by atoms with van der Waals surface area (Å²) in [5.74, 6) is -0.191. The van der Waals surface area contributed by atoms with E-state index in [2.05, 4.69) is 5.32 Å². The van der Waals surface area contributed by atoms with E-state index in [0.29, 0.717) is 22.2 Å². The van der Waals surface area contributed by atoms with Crippen molar-refractivity contribution in [2.45, 2.75) is 6.54 Å². The highest BCUT2D eigenvalue weighted by Crippen LogP contribution is 2.26. The molecular formula is C16H20Cl2N4O2. The first-order valence-electron chi connectivity index (χ1n) is 7.47. The number of carbonyl (C=O) groups excluding carboxylic acids is 2. The molecule has 0 fully saturated rings. The zero-order chi connectivity index (χ0) is 17.7. The topological polar surface area (TPSA) is 55.9 Å². The highest BCUT2D eigenvalue weighted by Gasteiger charge is 2.24. The van der Waals surface area contributed by atoms with Crippen LogP contribution in [0.15, 0.2) is 30.5 Å². The first-order valence-corrected chi connectivity index (χ1v) is 8.23. The van der Waals surface area contributed by atoms with Gasteiger partial charge in [0.1, 0.15) is 6.67 Å². The molecule has 8 heteroatoms. The van der Waals surface area contributed by atoms with E-state index < -0.39 is 0 Å². The van der Waals surface area contributed by atoms with Crippen molar-refractivity contribution in [1.82, 2.24) is 20.0 Å². The van der Waals surface area contributed by atoms with Crippen LogP contribution < -0.4 is 5.32 Å². The van der Waals surface area contributed by atoms with Crippen molar-refractivity contribution < 1.29 is 9.59 Å². The lowest BCUT2D eigenvalue weighted by Gasteiger charge is -2.31. The Balaban J connectivity index is 2.01. The molecule has 130 valence electrons. The third-order valence-corrected chi connectivity index (χ3v) is 4.25. The quantitative estimate of drug-likeness (QED) is 0.865. The van der Waals surface area contributed by atoms with Gasteiger partial charge in [-0.15, -0.1) is 0 Å². The lowest BCUT2D eigenvalue weighted by molar-refractivity contribution is -0.128. The molecule has 3 amide bonds. The van der Waals surface area contributed by atoms with E-state index in [-0.39, 0.29) is 25.2 Å². The molecule has 0 spiro atoms. The fourth-order valence-corrected chi connectivity index (χ4v) is 2.70. The second kappa shape index (κ2) is 8.37. The molecule has 6 nitrogen and oxygen atoms in total. The average molecular weight is 371 g/mol. The molecular weight excluding hydrogens is 351 g/mol. The number of halogens is 2. The third-order valence-electron chi connectivity index (χ3n) is 3.54. The number of rotatable bonds is 5. The molecule has 1 aliphatic heterocycles. The maximum atomic E-state index is 12.2. The van der Waals surface area contributed by atoms with Crippen LogP contribution in [-0.4, -0.2) is 60.5 Å². The Labute approximate surface area is 151 Å². The second-order valence-corrected chi connectivity index (χ2v) is 6.51. The van der Waals surface area contributed by atoms with Gasteiger partial charge in [0.15, 0.2) is 0 Å². The maximum Gasteiger partial charge on any atom is 0.322 e. The number of amides is 3. The summed E-state index contributed by atoms with van der Waals surface area (Å²) in [7, 11) is 3.86. The van der Waals surface area contributed by atoms with Gasteiger partial charge in [0.2, 0.25) is 5.91 Å². The summed E-state index contributed by atoms with van der Waals surface area (Å²) in [6, 6.07) is 4.93. The Morgan fingerprint density at radius 1 is 1.29 bits per heavy atom. The van der Waals surface area contributed by atoms with Crippen molar-refractivity contribution in [3.05, 3.63) is 46.1 Å². The Hall–Kier alpha value is -1.76. The molecule has 0 radical (unpaired) electrons. The van der Waals surface area contributed by atoms with Crippen LogP contribution in [0.1, 0.15) is 5.56 Å². The van der Waals surface area contributed by atoms with Gasteiger partial charge < -0.3 is 15.1 Å². The molecule has 0 aromatic heterocycles. The fraction of sp³-hybridized carbons (Fsp3) is 0.375. The first-order chi connectivity index (χ1) is 11.4. The van der Waals surface area contributed by atoms with Gasteiger partial charge in [-0.3, -0.25) is 9.69 Å². The van der Waals surface area contributed by atoms with Crippen LogP contribution in [0.3, 0.4) is 0 Å². The van der Waals surface area contributed by atoms with Crippen LogP contribution >= 0.6 is 23.2 Å². The number of hydrogen-bond donors (Lipinski definition) is 1. The predicted octanol–water partition coefficient (Wildman–Crippen LogP) is 2.38. The Morgan fingerprint density at radius 3 is 2.58 bits per heavy atom. The van der Waals surface area contributed by atoms with Crippen molar-refractivity contribution in [3.63, 3.8) is 0 Å². The zero-order valence-electron chi connectivity index (χ0n) is 13.6. The Bertz CT molecular complexity index is 629. The molecule has 1 aromatic rings. The minimum atomic E-state index is -0.254. The SMILES string of the molecule is CN(C)CCNC(=O)N1C=CC(=O)N(Cc2c(Cl)cccc2Cl)C1. The number of likely N-dealkylation sites (N-methyl/N-ethyl adjacent to an activating group) is 1. The maximum absolute atomic E-state index is 12.2. The lowest BCUT2D eigenvalue weighted by atomic mass is 10.2. The molecule has 0 saturated heterocycles. The van der Waals surface area contributed by atoms with Crippen LogP contribution in [0.2, 0.25) is 10.0 Å². The smallest absolute Gasteiger partial charge is 0.322 e. The summed E-state index contributed by atoms with van der Waals surface area (Å²) in [6.45, 7) is 1.65. The molecule has 1 heterocycles. The molecule has 0 atom stereocenters. The van der Waals surface area contributed by atoms with Crippen LogP contribution in [0.5, 0.6) is 0 Å². The minimum absolute atomic E-state index is 0.144. The van der Waals surface area contributed by atoms with Gasteiger partial charge in [-0.05, 0) is 26.2 Å². The van der Waals surface area contributed by atoms with Gasteiger partial charge in [0, 0.05) is 41.0 Å². The van der Waals surface area contributed by atoms with Crippen molar-refractivity contribution >= 4 is 35.1 Å². The molecule has 0 bridgehead atoms. The number of urea groups is 1. The van der Waals surface area contributed by atoms with E-state index in [4.69, 9.17) is 23.2 Å². The number of carbonyl (C=O) groups is 2. The van der Waals surface area contributed by atoms with E-state index in [1.807, 2.05) is 19.0 Å². The van der Waals surface area contributed by atoms with Crippen LogP contribution in [-0.2, 0) is 11.3 Å². The molecule has 1 aromatic carbocycles. The molecule has 0 aliphatic carbocycles. The summed E-state index contributed by atoms with van der Waals surface area (Å²) in [6.07, 6.45) is 2.85. The largest absolute Gasteiger partial charge is 0.336 e. The van der Waals surface area contributed by atoms with Gasteiger partial charge in [-0.25, -0.2) is 4.79 Å². The van der Waals surface area contributed by atoms with Gasteiger partial charge in [-0.2, -0.15) is 0 Å². The van der Waals surface area contributed by atoms with Crippen molar-refractivity contribution in [3.8, 4) is 0 Å². The fourth-order valence-electron chi connectivity index (χ4n) is 2.18. The number of nitrogens with zero attached hydrogens (tertiary/aromatic N) is 3.